The quantitative estimate of drug-likeness (QED) is 0.492. The van der Waals surface area contributed by atoms with E-state index in [9.17, 15) is 14.7 Å². The number of nitrogens with one attached hydrogen (secondary N) is 1. The average Bonchev–Trinajstić information content (AvgIpc) is 3.27. The Bertz CT molecular complexity index is 1020. The van der Waals surface area contributed by atoms with Crippen molar-refractivity contribution in [2.75, 3.05) is 6.61 Å². The van der Waals surface area contributed by atoms with E-state index >= 15 is 0 Å². The summed E-state index contributed by atoms with van der Waals surface area (Å²) >= 11 is 4.85. The first-order chi connectivity index (χ1) is 14.0. The van der Waals surface area contributed by atoms with Crippen molar-refractivity contribution < 1.29 is 19.4 Å². The molecule has 0 bridgehead atoms. The van der Waals surface area contributed by atoms with Gasteiger partial charge in [0.25, 0.3) is 0 Å². The third-order valence-electron chi connectivity index (χ3n) is 5.04. The zero-order valence-corrected chi connectivity index (χ0v) is 17.7. The Morgan fingerprint density at radius 3 is 2.24 bits per heavy atom. The first-order valence-electron chi connectivity index (χ1n) is 9.10. The van der Waals surface area contributed by atoms with Crippen LogP contribution in [0, 0.1) is 0 Å². The van der Waals surface area contributed by atoms with Gasteiger partial charge in [-0.3, -0.25) is 4.79 Å². The van der Waals surface area contributed by atoms with Crippen LogP contribution in [-0.4, -0.2) is 23.8 Å². The van der Waals surface area contributed by atoms with Gasteiger partial charge in [-0.05, 0) is 49.6 Å². The second-order valence-electron chi connectivity index (χ2n) is 6.77. The Balaban J connectivity index is 1.48. The fourth-order valence-electron chi connectivity index (χ4n) is 3.75. The van der Waals surface area contributed by atoms with Gasteiger partial charge in [0.2, 0.25) is 0 Å². The van der Waals surface area contributed by atoms with Crippen LogP contribution in [0.4, 0.5) is 4.79 Å². The van der Waals surface area contributed by atoms with Crippen LogP contribution in [0.3, 0.4) is 0 Å². The smallest absolute Gasteiger partial charge is 0.407 e. The minimum Gasteiger partial charge on any atom is -0.481 e. The number of carboxylic acid groups (broad SMARTS) is 1. The van der Waals surface area contributed by atoms with Gasteiger partial charge in [0.05, 0.1) is 16.2 Å². The van der Waals surface area contributed by atoms with E-state index < -0.39 is 18.1 Å². The molecule has 3 aromatic rings. The second kappa shape index (κ2) is 8.39. The number of ether oxygens (including phenoxy) is 1. The Kier molecular flexibility index (Phi) is 5.69. The van der Waals surface area contributed by atoms with Crippen LogP contribution in [0.1, 0.15) is 35.1 Å². The van der Waals surface area contributed by atoms with Gasteiger partial charge in [-0.2, -0.15) is 0 Å². The lowest BCUT2D eigenvalue weighted by molar-refractivity contribution is -0.137. The number of thiophene rings is 1. The summed E-state index contributed by atoms with van der Waals surface area (Å²) in [5.41, 5.74) is 5.30. The molecule has 1 aromatic heterocycles. The molecule has 29 heavy (non-hydrogen) atoms. The summed E-state index contributed by atoms with van der Waals surface area (Å²) in [6.07, 6.45) is -0.851. The van der Waals surface area contributed by atoms with E-state index in [-0.39, 0.29) is 18.9 Å². The molecule has 1 atom stereocenters. The van der Waals surface area contributed by atoms with Crippen LogP contribution in [0.5, 0.6) is 0 Å². The predicted octanol–water partition coefficient (Wildman–Crippen LogP) is 5.57. The fourth-order valence-corrected chi connectivity index (χ4v) is 5.16. The summed E-state index contributed by atoms with van der Waals surface area (Å²) in [5.74, 6) is -1.04. The molecule has 0 saturated carbocycles. The van der Waals surface area contributed by atoms with Crippen molar-refractivity contribution >= 4 is 39.3 Å². The van der Waals surface area contributed by atoms with Crippen molar-refractivity contribution in [3.8, 4) is 11.1 Å². The second-order valence-corrected chi connectivity index (χ2v) is 9.00. The molecule has 0 radical (unpaired) electrons. The van der Waals surface area contributed by atoms with Crippen LogP contribution in [0.15, 0.2) is 63.8 Å². The number of aliphatic carboxylic acids is 1. The Hall–Kier alpha value is -2.64. The van der Waals surface area contributed by atoms with Crippen molar-refractivity contribution in [1.82, 2.24) is 5.32 Å². The highest BCUT2D eigenvalue weighted by molar-refractivity contribution is 9.11. The third-order valence-corrected chi connectivity index (χ3v) is 6.77. The highest BCUT2D eigenvalue weighted by Gasteiger charge is 2.29. The minimum atomic E-state index is -0.993. The Morgan fingerprint density at radius 1 is 1.07 bits per heavy atom. The molecule has 0 aliphatic heterocycles. The van der Waals surface area contributed by atoms with Gasteiger partial charge in [0, 0.05) is 11.5 Å². The average molecular weight is 472 g/mol. The lowest BCUT2D eigenvalue weighted by Crippen LogP contribution is -2.31. The summed E-state index contributed by atoms with van der Waals surface area (Å²) in [7, 11) is 0. The molecule has 1 aliphatic carbocycles. The molecule has 4 rings (SSSR count). The van der Waals surface area contributed by atoms with Gasteiger partial charge in [-0.25, -0.2) is 4.79 Å². The number of hydrogen-bond acceptors (Lipinski definition) is 4. The van der Waals surface area contributed by atoms with Gasteiger partial charge in [-0.1, -0.05) is 48.5 Å². The molecule has 0 unspecified atom stereocenters. The molecule has 148 valence electrons. The van der Waals surface area contributed by atoms with Crippen molar-refractivity contribution in [3.05, 3.63) is 80.5 Å². The lowest BCUT2D eigenvalue weighted by Gasteiger charge is -2.19. The Morgan fingerprint density at radius 2 is 1.69 bits per heavy atom. The van der Waals surface area contributed by atoms with E-state index in [1.165, 1.54) is 11.3 Å². The molecular formula is C22H18BrNO4S. The molecule has 2 N–H and O–H groups in total. The van der Waals surface area contributed by atoms with E-state index in [2.05, 4.69) is 45.5 Å². The topological polar surface area (TPSA) is 75.6 Å². The molecule has 0 spiro atoms. The van der Waals surface area contributed by atoms with Crippen LogP contribution >= 0.6 is 27.3 Å². The minimum absolute atomic E-state index is 0.0426. The molecular weight excluding hydrogens is 454 g/mol. The SMILES string of the molecule is O=C(O)C[C@H](NC(=O)OCC1c2ccccc2-c2ccccc21)c1ccsc1Br. The normalized spacial score (nSPS) is 13.4. The number of amides is 1. The van der Waals surface area contributed by atoms with Crippen LogP contribution in [0.2, 0.25) is 0 Å². The molecule has 7 heteroatoms. The molecule has 2 aromatic carbocycles. The number of carboxylic acids is 1. The number of halogens is 1. The Labute approximate surface area is 180 Å². The van der Waals surface area contributed by atoms with Crippen molar-refractivity contribution in [2.45, 2.75) is 18.4 Å². The summed E-state index contributed by atoms with van der Waals surface area (Å²) < 4.78 is 6.33. The number of fused-ring (bicyclic) bond motifs is 3. The monoisotopic (exact) mass is 471 g/mol. The van der Waals surface area contributed by atoms with E-state index in [1.807, 2.05) is 29.6 Å². The van der Waals surface area contributed by atoms with E-state index in [1.54, 1.807) is 6.07 Å². The van der Waals surface area contributed by atoms with Gasteiger partial charge in [0.1, 0.15) is 6.61 Å². The fraction of sp³-hybridized carbons (Fsp3) is 0.182. The molecule has 0 fully saturated rings. The van der Waals surface area contributed by atoms with Crippen molar-refractivity contribution in [3.63, 3.8) is 0 Å². The summed E-state index contributed by atoms with van der Waals surface area (Å²) in [6.45, 7) is 0.185. The first-order valence-corrected chi connectivity index (χ1v) is 10.8. The summed E-state index contributed by atoms with van der Waals surface area (Å²) in [5, 5.41) is 13.7. The van der Waals surface area contributed by atoms with E-state index in [0.29, 0.717) is 0 Å². The number of hydrogen-bond donors (Lipinski definition) is 2. The van der Waals surface area contributed by atoms with Gasteiger partial charge in [0.15, 0.2) is 0 Å². The zero-order valence-electron chi connectivity index (χ0n) is 15.3. The van der Waals surface area contributed by atoms with E-state index in [0.717, 1.165) is 31.6 Å². The maximum absolute atomic E-state index is 12.5. The van der Waals surface area contributed by atoms with Crippen molar-refractivity contribution in [1.29, 1.82) is 0 Å². The predicted molar refractivity (Wildman–Crippen MR) is 115 cm³/mol. The van der Waals surface area contributed by atoms with E-state index in [4.69, 9.17) is 4.74 Å². The van der Waals surface area contributed by atoms with Crippen LogP contribution in [0.25, 0.3) is 11.1 Å². The maximum Gasteiger partial charge on any atom is 0.407 e. The lowest BCUT2D eigenvalue weighted by atomic mass is 9.98. The summed E-state index contributed by atoms with van der Waals surface area (Å²) in [4.78, 5) is 23.7. The zero-order chi connectivity index (χ0) is 20.4. The number of carbonyl (C=O) groups excluding carboxylic acids is 1. The molecule has 5 nitrogen and oxygen atoms in total. The van der Waals surface area contributed by atoms with Crippen molar-refractivity contribution in [2.24, 2.45) is 0 Å². The van der Waals surface area contributed by atoms with Crippen LogP contribution < -0.4 is 5.32 Å². The number of rotatable bonds is 6. The molecule has 1 aliphatic rings. The molecule has 0 saturated heterocycles. The molecule has 1 heterocycles. The maximum atomic E-state index is 12.5. The summed E-state index contributed by atoms with van der Waals surface area (Å²) in [6, 6.07) is 17.4. The standard InChI is InChI=1S/C22H18BrNO4S/c23-21-17(9-10-29-21)19(11-20(25)26)24-22(27)28-12-18-15-7-3-1-5-13(15)14-6-2-4-8-16(14)18/h1-10,18-19H,11-12H2,(H,24,27)(H,25,26)/t19-/m0/s1. The van der Waals surface area contributed by atoms with Crippen LogP contribution in [-0.2, 0) is 9.53 Å². The van der Waals surface area contributed by atoms with Gasteiger partial charge >= 0.3 is 12.1 Å². The number of carbonyl (C=O) groups is 2. The van der Waals surface area contributed by atoms with Gasteiger partial charge < -0.3 is 15.2 Å². The number of benzene rings is 2. The largest absolute Gasteiger partial charge is 0.481 e. The van der Waals surface area contributed by atoms with Gasteiger partial charge in [-0.15, -0.1) is 11.3 Å². The number of alkyl carbamates (subject to hydrolysis) is 1. The molecule has 1 amide bonds. The highest BCUT2D eigenvalue weighted by atomic mass is 79.9. The third kappa shape index (κ3) is 4.06. The highest BCUT2D eigenvalue weighted by Crippen LogP contribution is 2.44. The first kappa shape index (κ1) is 19.7.